The SMILES string of the molecule is OC[C@H]1C[C@@H](OCc2ccccc2)C[C@@H](O)O1. The van der Waals surface area contributed by atoms with Crippen LogP contribution >= 0.6 is 0 Å². The first kappa shape index (κ1) is 12.5. The van der Waals surface area contributed by atoms with Crippen LogP contribution in [0.15, 0.2) is 30.3 Å². The fraction of sp³-hybridized carbons (Fsp3) is 0.538. The van der Waals surface area contributed by atoms with E-state index in [4.69, 9.17) is 14.6 Å². The van der Waals surface area contributed by atoms with E-state index in [1.807, 2.05) is 30.3 Å². The van der Waals surface area contributed by atoms with Crippen LogP contribution in [0.3, 0.4) is 0 Å². The second-order valence-corrected chi connectivity index (χ2v) is 4.29. The van der Waals surface area contributed by atoms with Gasteiger partial charge in [0.1, 0.15) is 0 Å². The van der Waals surface area contributed by atoms with Crippen LogP contribution in [0.25, 0.3) is 0 Å². The molecule has 1 aliphatic heterocycles. The number of benzene rings is 1. The van der Waals surface area contributed by atoms with Gasteiger partial charge in [-0.15, -0.1) is 0 Å². The molecule has 0 aromatic heterocycles. The monoisotopic (exact) mass is 238 g/mol. The summed E-state index contributed by atoms with van der Waals surface area (Å²) in [5.41, 5.74) is 1.11. The van der Waals surface area contributed by atoms with E-state index in [2.05, 4.69) is 0 Å². The molecule has 1 aromatic carbocycles. The lowest BCUT2D eigenvalue weighted by Gasteiger charge is -2.31. The van der Waals surface area contributed by atoms with Crippen molar-refractivity contribution in [3.05, 3.63) is 35.9 Å². The van der Waals surface area contributed by atoms with Gasteiger partial charge in [0, 0.05) is 12.8 Å². The van der Waals surface area contributed by atoms with Crippen LogP contribution in [-0.2, 0) is 16.1 Å². The number of aliphatic hydroxyl groups excluding tert-OH is 2. The van der Waals surface area contributed by atoms with Gasteiger partial charge in [-0.05, 0) is 5.56 Å². The van der Waals surface area contributed by atoms with Crippen molar-refractivity contribution in [3.63, 3.8) is 0 Å². The Morgan fingerprint density at radius 1 is 1.24 bits per heavy atom. The van der Waals surface area contributed by atoms with Crippen molar-refractivity contribution in [1.82, 2.24) is 0 Å². The number of hydrogen-bond donors (Lipinski definition) is 2. The summed E-state index contributed by atoms with van der Waals surface area (Å²) in [6.45, 7) is 0.443. The maximum absolute atomic E-state index is 9.46. The fourth-order valence-corrected chi connectivity index (χ4v) is 1.99. The van der Waals surface area contributed by atoms with Crippen LogP contribution in [0.1, 0.15) is 18.4 Å². The normalized spacial score (nSPS) is 29.2. The summed E-state index contributed by atoms with van der Waals surface area (Å²) >= 11 is 0. The molecule has 2 N–H and O–H groups in total. The molecule has 2 rings (SSSR count). The molecule has 1 saturated heterocycles. The second kappa shape index (κ2) is 6.12. The van der Waals surface area contributed by atoms with Gasteiger partial charge in [-0.2, -0.15) is 0 Å². The van der Waals surface area contributed by atoms with Crippen molar-refractivity contribution in [2.75, 3.05) is 6.61 Å². The average molecular weight is 238 g/mol. The first-order valence-corrected chi connectivity index (χ1v) is 5.88. The highest BCUT2D eigenvalue weighted by Gasteiger charge is 2.28. The molecule has 4 heteroatoms. The van der Waals surface area contributed by atoms with Crippen molar-refractivity contribution in [1.29, 1.82) is 0 Å². The Labute approximate surface area is 101 Å². The zero-order chi connectivity index (χ0) is 12.1. The first-order valence-electron chi connectivity index (χ1n) is 5.88. The van der Waals surface area contributed by atoms with Gasteiger partial charge in [-0.1, -0.05) is 30.3 Å². The summed E-state index contributed by atoms with van der Waals surface area (Å²) in [5.74, 6) is 0. The molecule has 3 atom stereocenters. The van der Waals surface area contributed by atoms with E-state index in [0.717, 1.165) is 5.56 Å². The molecule has 0 aliphatic carbocycles. The van der Waals surface area contributed by atoms with E-state index >= 15 is 0 Å². The van der Waals surface area contributed by atoms with Crippen molar-refractivity contribution < 1.29 is 19.7 Å². The number of rotatable bonds is 4. The third-order valence-electron chi connectivity index (χ3n) is 2.87. The minimum absolute atomic E-state index is 0.0592. The third kappa shape index (κ3) is 3.78. The summed E-state index contributed by atoms with van der Waals surface area (Å²) in [6, 6.07) is 9.89. The van der Waals surface area contributed by atoms with Crippen LogP contribution in [0.4, 0.5) is 0 Å². The highest BCUT2D eigenvalue weighted by Crippen LogP contribution is 2.21. The van der Waals surface area contributed by atoms with Gasteiger partial charge in [0.05, 0.1) is 25.4 Å². The van der Waals surface area contributed by atoms with Crippen LogP contribution in [0.5, 0.6) is 0 Å². The standard InChI is InChI=1S/C13H18O4/c14-8-12-6-11(7-13(15)17-12)16-9-10-4-2-1-3-5-10/h1-5,11-15H,6-9H2/t11-,12-,13+/m1/s1. The summed E-state index contributed by atoms with van der Waals surface area (Å²) in [5, 5.41) is 18.5. The van der Waals surface area contributed by atoms with E-state index < -0.39 is 6.29 Å². The topological polar surface area (TPSA) is 58.9 Å². The molecule has 0 saturated carbocycles. The molecule has 0 unspecified atom stereocenters. The molecule has 1 aliphatic rings. The quantitative estimate of drug-likeness (QED) is 0.823. The van der Waals surface area contributed by atoms with Crippen molar-refractivity contribution in [3.8, 4) is 0 Å². The van der Waals surface area contributed by atoms with Crippen molar-refractivity contribution in [2.24, 2.45) is 0 Å². The van der Waals surface area contributed by atoms with E-state index in [9.17, 15) is 5.11 Å². The molecule has 1 aromatic rings. The minimum Gasteiger partial charge on any atom is -0.394 e. The van der Waals surface area contributed by atoms with Crippen molar-refractivity contribution in [2.45, 2.75) is 37.9 Å². The highest BCUT2D eigenvalue weighted by atomic mass is 16.6. The molecule has 0 spiro atoms. The zero-order valence-electron chi connectivity index (χ0n) is 9.66. The highest BCUT2D eigenvalue weighted by molar-refractivity contribution is 5.13. The Morgan fingerprint density at radius 2 is 2.00 bits per heavy atom. The summed E-state index contributed by atoms with van der Waals surface area (Å²) in [4.78, 5) is 0. The van der Waals surface area contributed by atoms with E-state index in [-0.39, 0.29) is 18.8 Å². The number of hydrogen-bond acceptors (Lipinski definition) is 4. The van der Waals surface area contributed by atoms with Crippen LogP contribution in [0.2, 0.25) is 0 Å². The lowest BCUT2D eigenvalue weighted by molar-refractivity contribution is -0.206. The summed E-state index contributed by atoms with van der Waals surface area (Å²) < 4.78 is 10.9. The van der Waals surface area contributed by atoms with Gasteiger partial charge in [0.15, 0.2) is 6.29 Å². The lowest BCUT2D eigenvalue weighted by Crippen LogP contribution is -2.38. The Balaban J connectivity index is 1.82. The van der Waals surface area contributed by atoms with Crippen LogP contribution in [-0.4, -0.2) is 35.3 Å². The molecule has 4 nitrogen and oxygen atoms in total. The number of aliphatic hydroxyl groups is 2. The third-order valence-corrected chi connectivity index (χ3v) is 2.87. The predicted molar refractivity (Wildman–Crippen MR) is 62.2 cm³/mol. The Bertz CT molecular complexity index is 327. The van der Waals surface area contributed by atoms with Gasteiger partial charge >= 0.3 is 0 Å². The number of ether oxygens (including phenoxy) is 2. The maximum Gasteiger partial charge on any atom is 0.157 e. The molecule has 1 fully saturated rings. The molecule has 1 heterocycles. The van der Waals surface area contributed by atoms with E-state index in [1.165, 1.54) is 0 Å². The lowest BCUT2D eigenvalue weighted by atomic mass is 10.1. The summed E-state index contributed by atoms with van der Waals surface area (Å²) in [7, 11) is 0. The molecule has 17 heavy (non-hydrogen) atoms. The summed E-state index contributed by atoms with van der Waals surface area (Å²) in [6.07, 6.45) is -0.124. The molecule has 94 valence electrons. The Morgan fingerprint density at radius 3 is 2.71 bits per heavy atom. The molecule has 0 radical (unpaired) electrons. The van der Waals surface area contributed by atoms with Gasteiger partial charge in [-0.25, -0.2) is 0 Å². The van der Waals surface area contributed by atoms with Crippen molar-refractivity contribution >= 4 is 0 Å². The zero-order valence-corrected chi connectivity index (χ0v) is 9.66. The fourth-order valence-electron chi connectivity index (χ4n) is 1.99. The molecule has 0 amide bonds. The van der Waals surface area contributed by atoms with Crippen LogP contribution < -0.4 is 0 Å². The first-order chi connectivity index (χ1) is 8.28. The Hall–Kier alpha value is -0.940. The van der Waals surface area contributed by atoms with Gasteiger partial charge in [0.25, 0.3) is 0 Å². The minimum atomic E-state index is -0.832. The van der Waals surface area contributed by atoms with E-state index in [0.29, 0.717) is 19.4 Å². The van der Waals surface area contributed by atoms with Crippen LogP contribution in [0, 0.1) is 0 Å². The predicted octanol–water partition coefficient (Wildman–Crippen LogP) is 1.06. The largest absolute Gasteiger partial charge is 0.394 e. The molecular weight excluding hydrogens is 220 g/mol. The Kier molecular flexibility index (Phi) is 4.50. The smallest absolute Gasteiger partial charge is 0.157 e. The average Bonchev–Trinajstić information content (AvgIpc) is 2.37. The molecular formula is C13H18O4. The second-order valence-electron chi connectivity index (χ2n) is 4.29. The maximum atomic E-state index is 9.46. The van der Waals surface area contributed by atoms with Gasteiger partial charge < -0.3 is 19.7 Å². The van der Waals surface area contributed by atoms with Gasteiger partial charge in [0.2, 0.25) is 0 Å². The van der Waals surface area contributed by atoms with E-state index in [1.54, 1.807) is 0 Å². The van der Waals surface area contributed by atoms with Gasteiger partial charge in [-0.3, -0.25) is 0 Å². The molecule has 0 bridgehead atoms.